The quantitative estimate of drug-likeness (QED) is 0.749. The molecule has 1 aliphatic rings. The molecule has 0 N–H and O–H groups in total. The summed E-state index contributed by atoms with van der Waals surface area (Å²) in [7, 11) is 0. The van der Waals surface area contributed by atoms with Gasteiger partial charge in [0.1, 0.15) is 0 Å². The molecule has 1 heterocycles. The predicted molar refractivity (Wildman–Crippen MR) is 64.8 cm³/mol. The van der Waals surface area contributed by atoms with Crippen LogP contribution in [-0.4, -0.2) is 13.0 Å². The largest absolute Gasteiger partial charge is 0.371 e. The van der Waals surface area contributed by atoms with Crippen LogP contribution in [0.25, 0.3) is 0 Å². The highest BCUT2D eigenvalue weighted by Gasteiger charge is 2.15. The number of anilines is 1. The monoisotopic (exact) mass is 265 g/mol. The first kappa shape index (κ1) is 3.00. The molecule has 2 rings (SSSR count). The summed E-state index contributed by atoms with van der Waals surface area (Å²) in [6, 6.07) is 5.48. The van der Waals surface area contributed by atoms with E-state index in [-0.39, 0.29) is 10.6 Å². The standard InChI is InChI=1S/C12H16BrN/c1-10-5-7-14(8-6-10)12-4-2-3-11(13)9-12/h2-4,9-10H,5-8H2,1H3/i1D3,5D2,6D2,7D2,8D2,10D. The zero-order valence-corrected chi connectivity index (χ0v) is 8.72. The van der Waals surface area contributed by atoms with Gasteiger partial charge in [0.15, 0.2) is 0 Å². The molecule has 1 fully saturated rings. The topological polar surface area (TPSA) is 3.24 Å². The van der Waals surface area contributed by atoms with Crippen molar-refractivity contribution in [2.75, 3.05) is 17.9 Å². The third kappa shape index (κ3) is 2.30. The van der Waals surface area contributed by atoms with Crippen LogP contribution in [0.3, 0.4) is 0 Å². The van der Waals surface area contributed by atoms with E-state index in [2.05, 4.69) is 15.9 Å². The number of nitrogens with zero attached hydrogens (tertiary/aromatic N) is 1. The first-order chi connectivity index (χ1) is 11.4. The molecule has 14 heavy (non-hydrogen) atoms. The molecule has 0 bridgehead atoms. The van der Waals surface area contributed by atoms with Gasteiger partial charge in [-0.3, -0.25) is 0 Å². The van der Waals surface area contributed by atoms with E-state index in [4.69, 9.17) is 16.4 Å². The van der Waals surface area contributed by atoms with Crippen LogP contribution in [0.5, 0.6) is 0 Å². The highest BCUT2D eigenvalue weighted by atomic mass is 79.9. The Balaban J connectivity index is 2.89. The van der Waals surface area contributed by atoms with Crippen molar-refractivity contribution in [2.45, 2.75) is 19.6 Å². The Bertz CT molecular complexity index is 684. The molecule has 0 aromatic heterocycles. The summed E-state index contributed by atoms with van der Waals surface area (Å²) in [5, 5.41) is 0. The summed E-state index contributed by atoms with van der Waals surface area (Å²) in [5.74, 6) is -3.71. The third-order valence-corrected chi connectivity index (χ3v) is 2.15. The van der Waals surface area contributed by atoms with E-state index in [0.29, 0.717) is 4.47 Å². The number of hydrogen-bond donors (Lipinski definition) is 0. The summed E-state index contributed by atoms with van der Waals surface area (Å²) >= 11 is 3.13. The van der Waals surface area contributed by atoms with Crippen LogP contribution in [0.15, 0.2) is 28.7 Å². The van der Waals surface area contributed by atoms with E-state index < -0.39 is 38.5 Å². The van der Waals surface area contributed by atoms with Crippen molar-refractivity contribution in [3.63, 3.8) is 0 Å². The van der Waals surface area contributed by atoms with Gasteiger partial charge in [0.2, 0.25) is 0 Å². The minimum absolute atomic E-state index is 0.199. The van der Waals surface area contributed by atoms with Gasteiger partial charge < -0.3 is 4.90 Å². The minimum Gasteiger partial charge on any atom is -0.371 e. The van der Waals surface area contributed by atoms with Crippen molar-refractivity contribution in [1.29, 1.82) is 0 Å². The first-order valence-corrected chi connectivity index (χ1v) is 4.72. The number of rotatable bonds is 1. The number of benzene rings is 1. The SMILES string of the molecule is [2H]C([2H])([2H])C1([2H])C([2H])([2H])C([2H])([2H])N(c2cccc(Br)c2)C([2H])([2H])C1([2H])[2H]. The lowest BCUT2D eigenvalue weighted by atomic mass is 9.99. The molecule has 76 valence electrons. The molecule has 0 radical (unpaired) electrons. The van der Waals surface area contributed by atoms with Gasteiger partial charge in [-0.05, 0) is 36.8 Å². The molecule has 0 aliphatic carbocycles. The molecule has 2 heteroatoms. The molecule has 0 spiro atoms. The number of piperidine rings is 1. The van der Waals surface area contributed by atoms with Crippen LogP contribution >= 0.6 is 15.9 Å². The number of halogens is 1. The molecular formula is C12H16BrN. The maximum atomic E-state index is 8.19. The molecular weight excluding hydrogens is 238 g/mol. The Morgan fingerprint density at radius 2 is 2.36 bits per heavy atom. The zero-order chi connectivity index (χ0) is 20.6. The average molecular weight is 266 g/mol. The second-order valence-corrected chi connectivity index (χ2v) is 3.58. The molecule has 1 aromatic carbocycles. The highest BCUT2D eigenvalue weighted by Crippen LogP contribution is 2.25. The van der Waals surface area contributed by atoms with E-state index in [1.54, 1.807) is 6.07 Å². The van der Waals surface area contributed by atoms with Crippen molar-refractivity contribution in [1.82, 2.24) is 0 Å². The molecule has 1 aliphatic heterocycles. The van der Waals surface area contributed by atoms with E-state index in [1.807, 2.05) is 0 Å². The summed E-state index contributed by atoms with van der Waals surface area (Å²) in [6.07, 6.45) is -7.19. The molecule has 0 unspecified atom stereocenters. The van der Waals surface area contributed by atoms with E-state index in [0.717, 1.165) is 0 Å². The molecule has 0 saturated carbocycles. The highest BCUT2D eigenvalue weighted by molar-refractivity contribution is 9.10. The lowest BCUT2D eigenvalue weighted by Crippen LogP contribution is -2.32. The lowest BCUT2D eigenvalue weighted by molar-refractivity contribution is 0.438. The van der Waals surface area contributed by atoms with Crippen LogP contribution in [0.2, 0.25) is 0 Å². The van der Waals surface area contributed by atoms with Gasteiger partial charge in [0, 0.05) is 39.6 Å². The van der Waals surface area contributed by atoms with Crippen LogP contribution in [0.4, 0.5) is 5.69 Å². The Labute approximate surface area is 111 Å². The van der Waals surface area contributed by atoms with Gasteiger partial charge in [-0.25, -0.2) is 0 Å². The Morgan fingerprint density at radius 3 is 3.00 bits per heavy atom. The van der Waals surface area contributed by atoms with Crippen molar-refractivity contribution >= 4 is 21.6 Å². The Hall–Kier alpha value is -0.500. The summed E-state index contributed by atoms with van der Waals surface area (Å²) in [5.41, 5.74) is -0.199. The van der Waals surface area contributed by atoms with E-state index in [9.17, 15) is 0 Å². The summed E-state index contributed by atoms with van der Waals surface area (Å²) < 4.78 is 96.2. The van der Waals surface area contributed by atoms with Crippen molar-refractivity contribution in [2.24, 2.45) is 5.89 Å². The fourth-order valence-electron chi connectivity index (χ4n) is 1.03. The molecule has 0 amide bonds. The fourth-order valence-corrected chi connectivity index (χ4v) is 1.41. The second kappa shape index (κ2) is 4.35. The molecule has 1 saturated heterocycles. The van der Waals surface area contributed by atoms with Gasteiger partial charge in [0.25, 0.3) is 0 Å². The Morgan fingerprint density at radius 1 is 1.57 bits per heavy atom. The van der Waals surface area contributed by atoms with Crippen molar-refractivity contribution in [3.8, 4) is 0 Å². The second-order valence-electron chi connectivity index (χ2n) is 2.66. The molecule has 1 aromatic rings. The van der Waals surface area contributed by atoms with Crippen LogP contribution in [0, 0.1) is 5.89 Å². The summed E-state index contributed by atoms with van der Waals surface area (Å²) in [4.78, 5) is 0.239. The van der Waals surface area contributed by atoms with Crippen LogP contribution in [-0.2, 0) is 0 Å². The van der Waals surface area contributed by atoms with Gasteiger partial charge in [-0.1, -0.05) is 28.8 Å². The van der Waals surface area contributed by atoms with Gasteiger partial charge in [-0.15, -0.1) is 0 Å². The van der Waals surface area contributed by atoms with E-state index in [1.165, 1.54) is 18.2 Å². The smallest absolute Gasteiger partial charge is 0.0493 e. The molecule has 1 nitrogen and oxygen atoms in total. The maximum Gasteiger partial charge on any atom is 0.0493 e. The van der Waals surface area contributed by atoms with Crippen molar-refractivity contribution in [3.05, 3.63) is 28.7 Å². The minimum atomic E-state index is -3.71. The van der Waals surface area contributed by atoms with Gasteiger partial charge >= 0.3 is 0 Å². The van der Waals surface area contributed by atoms with E-state index >= 15 is 0 Å². The maximum absolute atomic E-state index is 8.19. The normalized spacial score (nSPS) is 48.8. The van der Waals surface area contributed by atoms with Gasteiger partial charge in [-0.2, -0.15) is 0 Å². The van der Waals surface area contributed by atoms with Crippen LogP contribution in [0.1, 0.15) is 36.0 Å². The zero-order valence-electron chi connectivity index (χ0n) is 19.1. The molecule has 0 atom stereocenters. The van der Waals surface area contributed by atoms with Crippen molar-refractivity contribution < 1.29 is 16.4 Å². The van der Waals surface area contributed by atoms with Crippen LogP contribution < -0.4 is 4.90 Å². The summed E-state index contributed by atoms with van der Waals surface area (Å²) in [6.45, 7) is -10.3. The number of hydrogen-bond acceptors (Lipinski definition) is 1. The predicted octanol–water partition coefficient (Wildman–Crippen LogP) is 3.69. The van der Waals surface area contributed by atoms with Gasteiger partial charge in [0.05, 0.1) is 0 Å². The fraction of sp³-hybridized carbons (Fsp3) is 0.500. The average Bonchev–Trinajstić information content (AvgIpc) is 2.42. The lowest BCUT2D eigenvalue weighted by Gasteiger charge is -2.32. The Kier molecular flexibility index (Phi) is 0.933. The third-order valence-electron chi connectivity index (χ3n) is 1.65. The first-order valence-electron chi connectivity index (χ1n) is 9.93.